The fraction of sp³-hybridized carbons (Fsp3) is 0.462. The summed E-state index contributed by atoms with van der Waals surface area (Å²) < 4.78 is 10.7. The highest BCUT2D eigenvalue weighted by Gasteiger charge is 2.30. The molecule has 1 aliphatic rings. The molecule has 1 aliphatic heterocycles. The van der Waals surface area contributed by atoms with Crippen LogP contribution in [-0.2, 0) is 6.54 Å². The Labute approximate surface area is 118 Å². The summed E-state index contributed by atoms with van der Waals surface area (Å²) in [5.74, 6) is 1.41. The van der Waals surface area contributed by atoms with Gasteiger partial charge in [-0.2, -0.15) is 0 Å². The predicted octanol–water partition coefficient (Wildman–Crippen LogP) is 1.06. The van der Waals surface area contributed by atoms with Crippen LogP contribution in [0.2, 0.25) is 0 Å². The Hall–Kier alpha value is -1.53. The van der Waals surface area contributed by atoms with Gasteiger partial charge < -0.3 is 24.8 Å². The van der Waals surface area contributed by atoms with Crippen molar-refractivity contribution in [3.63, 3.8) is 0 Å². The summed E-state index contributed by atoms with van der Waals surface area (Å²) >= 11 is 5.23. The van der Waals surface area contributed by atoms with E-state index in [2.05, 4.69) is 5.32 Å². The summed E-state index contributed by atoms with van der Waals surface area (Å²) in [7, 11) is 4.98. The average molecular weight is 282 g/mol. The second-order valence-corrected chi connectivity index (χ2v) is 4.70. The van der Waals surface area contributed by atoms with E-state index in [-0.39, 0.29) is 0 Å². The average Bonchev–Trinajstić information content (AvgIpc) is 2.44. The molecule has 6 heteroatoms. The van der Waals surface area contributed by atoms with Crippen molar-refractivity contribution in [1.82, 2.24) is 10.2 Å². The molecule has 0 radical (unpaired) electrons. The zero-order valence-corrected chi connectivity index (χ0v) is 12.1. The molecule has 2 N–H and O–H groups in total. The Morgan fingerprint density at radius 1 is 1.37 bits per heavy atom. The molecule has 5 nitrogen and oxygen atoms in total. The van der Waals surface area contributed by atoms with E-state index in [4.69, 9.17) is 21.7 Å². The van der Waals surface area contributed by atoms with Gasteiger partial charge in [-0.3, -0.25) is 0 Å². The van der Waals surface area contributed by atoms with Gasteiger partial charge in [0.2, 0.25) is 0 Å². The number of nitrogens with one attached hydrogen (secondary N) is 1. The Morgan fingerprint density at radius 2 is 2.00 bits per heavy atom. The molecular formula is C13H18N2O3S. The molecule has 104 valence electrons. The van der Waals surface area contributed by atoms with Crippen LogP contribution < -0.4 is 14.8 Å². The van der Waals surface area contributed by atoms with E-state index in [1.165, 1.54) is 0 Å². The lowest BCUT2D eigenvalue weighted by molar-refractivity contribution is 0.122. The van der Waals surface area contributed by atoms with Crippen molar-refractivity contribution >= 4 is 17.3 Å². The topological polar surface area (TPSA) is 54.0 Å². The van der Waals surface area contributed by atoms with Gasteiger partial charge in [-0.25, -0.2) is 0 Å². The maximum absolute atomic E-state index is 10.3. The van der Waals surface area contributed by atoms with E-state index in [1.54, 1.807) is 21.3 Å². The highest BCUT2D eigenvalue weighted by Crippen LogP contribution is 2.39. The van der Waals surface area contributed by atoms with E-state index in [1.807, 2.05) is 17.0 Å². The van der Waals surface area contributed by atoms with E-state index in [9.17, 15) is 5.11 Å². The van der Waals surface area contributed by atoms with Crippen LogP contribution in [0, 0.1) is 0 Å². The van der Waals surface area contributed by atoms with Crippen LogP contribution in [0.3, 0.4) is 0 Å². The molecule has 1 aromatic carbocycles. The number of rotatable bonds is 2. The molecule has 1 aromatic rings. The van der Waals surface area contributed by atoms with Crippen LogP contribution in [-0.4, -0.2) is 42.9 Å². The number of fused-ring (bicyclic) bond motifs is 1. The Bertz CT molecular complexity index is 493. The van der Waals surface area contributed by atoms with Gasteiger partial charge in [0, 0.05) is 24.7 Å². The number of aliphatic hydroxyl groups is 1. The van der Waals surface area contributed by atoms with Gasteiger partial charge in [0.25, 0.3) is 0 Å². The van der Waals surface area contributed by atoms with Crippen molar-refractivity contribution < 1.29 is 14.6 Å². The quantitative estimate of drug-likeness (QED) is 0.791. The molecule has 0 bridgehead atoms. The van der Waals surface area contributed by atoms with E-state index >= 15 is 0 Å². The molecule has 0 unspecified atom stereocenters. The standard InChI is InChI=1S/C13H18N2O3S/c1-14-13(19)15-6-8-10(17-2)4-5-11(18-3)12(8)9(16)7-15/h4-5,9,16H,6-7H2,1-3H3,(H,14,19)/t9-/m1/s1. The van der Waals surface area contributed by atoms with Crippen molar-refractivity contribution in [3.05, 3.63) is 23.3 Å². The minimum atomic E-state index is -0.653. The summed E-state index contributed by atoms with van der Waals surface area (Å²) in [6, 6.07) is 3.66. The van der Waals surface area contributed by atoms with E-state index in [0.717, 1.165) is 16.9 Å². The van der Waals surface area contributed by atoms with Crippen molar-refractivity contribution in [3.8, 4) is 11.5 Å². The molecule has 0 spiro atoms. The Morgan fingerprint density at radius 3 is 2.58 bits per heavy atom. The molecule has 0 saturated carbocycles. The molecule has 0 aromatic heterocycles. The second-order valence-electron chi connectivity index (χ2n) is 4.31. The number of benzene rings is 1. The van der Waals surface area contributed by atoms with Crippen molar-refractivity contribution in [2.24, 2.45) is 0 Å². The van der Waals surface area contributed by atoms with E-state index < -0.39 is 6.10 Å². The zero-order valence-electron chi connectivity index (χ0n) is 11.3. The third-order valence-electron chi connectivity index (χ3n) is 3.29. The summed E-state index contributed by atoms with van der Waals surface area (Å²) in [5.41, 5.74) is 1.70. The molecule has 1 heterocycles. The number of aliphatic hydroxyl groups excluding tert-OH is 1. The van der Waals surface area contributed by atoms with Gasteiger partial charge in [-0.05, 0) is 24.4 Å². The highest BCUT2D eigenvalue weighted by atomic mass is 32.1. The van der Waals surface area contributed by atoms with Crippen molar-refractivity contribution in [2.45, 2.75) is 12.6 Å². The first-order chi connectivity index (χ1) is 9.12. The number of ether oxygens (including phenoxy) is 2. The van der Waals surface area contributed by atoms with Crippen LogP contribution in [0.5, 0.6) is 11.5 Å². The summed E-state index contributed by atoms with van der Waals surface area (Å²) in [5, 5.41) is 13.9. The van der Waals surface area contributed by atoms with Gasteiger partial charge in [-0.1, -0.05) is 0 Å². The van der Waals surface area contributed by atoms with Gasteiger partial charge in [0.15, 0.2) is 5.11 Å². The molecule has 1 atom stereocenters. The number of hydrogen-bond acceptors (Lipinski definition) is 4. The Balaban J connectivity index is 2.47. The normalized spacial score (nSPS) is 17.7. The van der Waals surface area contributed by atoms with Gasteiger partial charge in [0.1, 0.15) is 17.6 Å². The monoisotopic (exact) mass is 282 g/mol. The SMILES string of the molecule is CNC(=S)N1Cc2c(OC)ccc(OC)c2[C@H](O)C1. The lowest BCUT2D eigenvalue weighted by Crippen LogP contribution is -2.42. The molecule has 0 fully saturated rings. The molecular weight excluding hydrogens is 264 g/mol. The highest BCUT2D eigenvalue weighted by molar-refractivity contribution is 7.80. The maximum Gasteiger partial charge on any atom is 0.169 e. The van der Waals surface area contributed by atoms with Gasteiger partial charge in [0.05, 0.1) is 20.8 Å². The maximum atomic E-state index is 10.3. The predicted molar refractivity (Wildman–Crippen MR) is 76.6 cm³/mol. The lowest BCUT2D eigenvalue weighted by atomic mass is 9.95. The minimum Gasteiger partial charge on any atom is -0.496 e. The molecule has 19 heavy (non-hydrogen) atoms. The van der Waals surface area contributed by atoms with Gasteiger partial charge >= 0.3 is 0 Å². The van der Waals surface area contributed by atoms with Crippen LogP contribution in [0.25, 0.3) is 0 Å². The molecule has 2 rings (SSSR count). The minimum absolute atomic E-state index is 0.441. The van der Waals surface area contributed by atoms with Crippen LogP contribution in [0.15, 0.2) is 12.1 Å². The first-order valence-electron chi connectivity index (χ1n) is 6.00. The number of nitrogens with zero attached hydrogens (tertiary/aromatic N) is 1. The Kier molecular flexibility index (Phi) is 4.11. The number of thiocarbonyl (C=S) groups is 1. The fourth-order valence-electron chi connectivity index (χ4n) is 2.39. The number of hydrogen-bond donors (Lipinski definition) is 2. The largest absolute Gasteiger partial charge is 0.496 e. The smallest absolute Gasteiger partial charge is 0.169 e. The third-order valence-corrected chi connectivity index (χ3v) is 3.75. The molecule has 0 saturated heterocycles. The first kappa shape index (κ1) is 13.9. The van der Waals surface area contributed by atoms with Gasteiger partial charge in [-0.15, -0.1) is 0 Å². The molecule has 0 aliphatic carbocycles. The van der Waals surface area contributed by atoms with Crippen LogP contribution in [0.1, 0.15) is 17.2 Å². The summed E-state index contributed by atoms with van der Waals surface area (Å²) in [6.07, 6.45) is -0.653. The van der Waals surface area contributed by atoms with Crippen molar-refractivity contribution in [2.75, 3.05) is 27.8 Å². The zero-order chi connectivity index (χ0) is 14.0. The lowest BCUT2D eigenvalue weighted by Gasteiger charge is -2.35. The first-order valence-corrected chi connectivity index (χ1v) is 6.41. The number of β-amino-alcohol motifs (C(OH)–C–C–N with tert-alkyl or cyclic N) is 1. The third kappa shape index (κ3) is 2.46. The summed E-state index contributed by atoms with van der Waals surface area (Å²) in [4.78, 5) is 1.91. The number of methoxy groups -OCH3 is 2. The molecule has 0 amide bonds. The second kappa shape index (κ2) is 5.63. The van der Waals surface area contributed by atoms with Crippen LogP contribution >= 0.6 is 12.2 Å². The fourth-order valence-corrected chi connectivity index (χ4v) is 2.53. The van der Waals surface area contributed by atoms with E-state index in [0.29, 0.717) is 24.0 Å². The van der Waals surface area contributed by atoms with Crippen molar-refractivity contribution in [1.29, 1.82) is 0 Å². The summed E-state index contributed by atoms with van der Waals surface area (Å²) in [6.45, 7) is 1.03. The van der Waals surface area contributed by atoms with Crippen LogP contribution in [0.4, 0.5) is 0 Å².